The first-order valence-electron chi connectivity index (χ1n) is 6.25. The molecule has 1 aromatic carbocycles. The summed E-state index contributed by atoms with van der Waals surface area (Å²) >= 11 is 3.40. The molecule has 4 heteroatoms. The molecule has 19 heavy (non-hydrogen) atoms. The lowest BCUT2D eigenvalue weighted by Crippen LogP contribution is -2.22. The molecule has 2 rings (SSSR count). The Kier molecular flexibility index (Phi) is 4.93. The number of halogens is 1. The van der Waals surface area contributed by atoms with Crippen LogP contribution in [-0.2, 0) is 6.54 Å². The standard InChI is InChI=1S/C15H17BrN2O/c1-11(2)18-10-13-9-15(7-8-17-13)19-14-5-3-12(16)4-6-14/h3-9,11,18H,10H2,1-2H3. The first kappa shape index (κ1) is 14.0. The van der Waals surface area contributed by atoms with Crippen molar-refractivity contribution in [2.75, 3.05) is 0 Å². The van der Waals surface area contributed by atoms with Crippen LogP contribution in [-0.4, -0.2) is 11.0 Å². The van der Waals surface area contributed by atoms with E-state index in [0.29, 0.717) is 6.04 Å². The summed E-state index contributed by atoms with van der Waals surface area (Å²) in [6, 6.07) is 12.0. The van der Waals surface area contributed by atoms with E-state index in [1.165, 1.54) is 0 Å². The molecule has 0 radical (unpaired) electrons. The SMILES string of the molecule is CC(C)NCc1cc(Oc2ccc(Br)cc2)ccn1. The maximum atomic E-state index is 5.79. The Morgan fingerprint density at radius 2 is 1.89 bits per heavy atom. The summed E-state index contributed by atoms with van der Waals surface area (Å²) in [4.78, 5) is 4.32. The summed E-state index contributed by atoms with van der Waals surface area (Å²) in [5.41, 5.74) is 0.975. The normalized spacial score (nSPS) is 10.7. The van der Waals surface area contributed by atoms with Crippen LogP contribution in [0.2, 0.25) is 0 Å². The number of aromatic nitrogens is 1. The lowest BCUT2D eigenvalue weighted by atomic mass is 10.3. The lowest BCUT2D eigenvalue weighted by Gasteiger charge is -2.09. The third kappa shape index (κ3) is 4.65. The summed E-state index contributed by atoms with van der Waals surface area (Å²) in [6.07, 6.45) is 1.77. The van der Waals surface area contributed by atoms with Crippen molar-refractivity contribution in [1.82, 2.24) is 10.3 Å². The van der Waals surface area contributed by atoms with Gasteiger partial charge in [-0.05, 0) is 30.3 Å². The number of benzene rings is 1. The third-order valence-corrected chi connectivity index (χ3v) is 3.06. The minimum Gasteiger partial charge on any atom is -0.457 e. The zero-order valence-corrected chi connectivity index (χ0v) is 12.6. The van der Waals surface area contributed by atoms with Crippen LogP contribution in [0, 0.1) is 0 Å². The number of nitrogens with zero attached hydrogens (tertiary/aromatic N) is 1. The van der Waals surface area contributed by atoms with Gasteiger partial charge in [-0.15, -0.1) is 0 Å². The number of pyridine rings is 1. The second kappa shape index (κ2) is 6.68. The molecule has 1 N–H and O–H groups in total. The second-order valence-electron chi connectivity index (χ2n) is 4.57. The number of hydrogen-bond donors (Lipinski definition) is 1. The largest absolute Gasteiger partial charge is 0.457 e. The van der Waals surface area contributed by atoms with E-state index in [-0.39, 0.29) is 0 Å². The van der Waals surface area contributed by atoms with E-state index in [9.17, 15) is 0 Å². The van der Waals surface area contributed by atoms with Crippen LogP contribution in [0.25, 0.3) is 0 Å². The van der Waals surface area contributed by atoms with E-state index in [1.54, 1.807) is 6.20 Å². The highest BCUT2D eigenvalue weighted by molar-refractivity contribution is 9.10. The molecule has 2 aromatic rings. The quantitative estimate of drug-likeness (QED) is 0.899. The van der Waals surface area contributed by atoms with Gasteiger partial charge in [0, 0.05) is 29.3 Å². The molecule has 0 saturated heterocycles. The van der Waals surface area contributed by atoms with Gasteiger partial charge in [-0.1, -0.05) is 29.8 Å². The minimum absolute atomic E-state index is 0.442. The molecule has 1 aromatic heterocycles. The fourth-order valence-corrected chi connectivity index (χ4v) is 1.83. The summed E-state index contributed by atoms with van der Waals surface area (Å²) in [5, 5.41) is 3.34. The zero-order chi connectivity index (χ0) is 13.7. The highest BCUT2D eigenvalue weighted by Gasteiger charge is 2.01. The van der Waals surface area contributed by atoms with Gasteiger partial charge in [-0.3, -0.25) is 4.98 Å². The van der Waals surface area contributed by atoms with Crippen molar-refractivity contribution in [3.8, 4) is 11.5 Å². The van der Waals surface area contributed by atoms with Gasteiger partial charge in [0.2, 0.25) is 0 Å². The van der Waals surface area contributed by atoms with Crippen molar-refractivity contribution in [2.24, 2.45) is 0 Å². The van der Waals surface area contributed by atoms with Gasteiger partial charge in [0.15, 0.2) is 0 Å². The van der Waals surface area contributed by atoms with Crippen molar-refractivity contribution in [1.29, 1.82) is 0 Å². The van der Waals surface area contributed by atoms with Crippen LogP contribution in [0.3, 0.4) is 0 Å². The molecule has 0 unspecified atom stereocenters. The molecule has 0 bridgehead atoms. The van der Waals surface area contributed by atoms with E-state index in [2.05, 4.69) is 40.1 Å². The van der Waals surface area contributed by atoms with Gasteiger partial charge in [0.25, 0.3) is 0 Å². The maximum Gasteiger partial charge on any atom is 0.130 e. The van der Waals surface area contributed by atoms with E-state index in [4.69, 9.17) is 4.74 Å². The zero-order valence-electron chi connectivity index (χ0n) is 11.1. The number of rotatable bonds is 5. The predicted octanol–water partition coefficient (Wildman–Crippen LogP) is 4.13. The summed E-state index contributed by atoms with van der Waals surface area (Å²) in [5.74, 6) is 1.62. The Labute approximate surface area is 122 Å². The summed E-state index contributed by atoms with van der Waals surface area (Å²) < 4.78 is 6.83. The van der Waals surface area contributed by atoms with Crippen molar-refractivity contribution in [2.45, 2.75) is 26.4 Å². The third-order valence-electron chi connectivity index (χ3n) is 2.53. The molecule has 0 aliphatic heterocycles. The Hall–Kier alpha value is -1.39. The number of ether oxygens (including phenoxy) is 1. The number of nitrogens with one attached hydrogen (secondary N) is 1. The van der Waals surface area contributed by atoms with Crippen LogP contribution in [0.5, 0.6) is 11.5 Å². The van der Waals surface area contributed by atoms with Crippen LogP contribution < -0.4 is 10.1 Å². The van der Waals surface area contributed by atoms with Crippen molar-refractivity contribution in [3.05, 3.63) is 52.8 Å². The summed E-state index contributed by atoms with van der Waals surface area (Å²) in [7, 11) is 0. The van der Waals surface area contributed by atoms with Gasteiger partial charge in [0.1, 0.15) is 11.5 Å². The van der Waals surface area contributed by atoms with Gasteiger partial charge >= 0.3 is 0 Å². The molecule has 1 heterocycles. The Bertz CT molecular complexity index is 526. The van der Waals surface area contributed by atoms with Crippen molar-refractivity contribution >= 4 is 15.9 Å². The van der Waals surface area contributed by atoms with Crippen LogP contribution in [0.15, 0.2) is 47.1 Å². The monoisotopic (exact) mass is 320 g/mol. The lowest BCUT2D eigenvalue weighted by molar-refractivity contribution is 0.479. The highest BCUT2D eigenvalue weighted by Crippen LogP contribution is 2.23. The average Bonchev–Trinajstić information content (AvgIpc) is 2.40. The second-order valence-corrected chi connectivity index (χ2v) is 5.49. The Morgan fingerprint density at radius 1 is 1.16 bits per heavy atom. The fraction of sp³-hybridized carbons (Fsp3) is 0.267. The van der Waals surface area contributed by atoms with Crippen LogP contribution >= 0.6 is 15.9 Å². The van der Waals surface area contributed by atoms with Crippen molar-refractivity contribution < 1.29 is 4.74 Å². The summed E-state index contributed by atoms with van der Waals surface area (Å²) in [6.45, 7) is 4.97. The molecular weight excluding hydrogens is 304 g/mol. The fourth-order valence-electron chi connectivity index (χ4n) is 1.56. The van der Waals surface area contributed by atoms with Crippen molar-refractivity contribution in [3.63, 3.8) is 0 Å². The van der Waals surface area contributed by atoms with Gasteiger partial charge in [0.05, 0.1) is 5.69 Å². The average molecular weight is 321 g/mol. The van der Waals surface area contributed by atoms with Gasteiger partial charge in [-0.2, -0.15) is 0 Å². The molecule has 100 valence electrons. The maximum absolute atomic E-state index is 5.79. The predicted molar refractivity (Wildman–Crippen MR) is 80.4 cm³/mol. The highest BCUT2D eigenvalue weighted by atomic mass is 79.9. The molecule has 0 fully saturated rings. The van der Waals surface area contributed by atoms with Crippen LogP contribution in [0.1, 0.15) is 19.5 Å². The minimum atomic E-state index is 0.442. The topological polar surface area (TPSA) is 34.1 Å². The molecule has 0 spiro atoms. The van der Waals surface area contributed by atoms with Gasteiger partial charge < -0.3 is 10.1 Å². The molecule has 3 nitrogen and oxygen atoms in total. The first-order chi connectivity index (χ1) is 9.13. The first-order valence-corrected chi connectivity index (χ1v) is 7.04. The molecule has 0 aliphatic carbocycles. The van der Waals surface area contributed by atoms with E-state index < -0.39 is 0 Å². The smallest absolute Gasteiger partial charge is 0.130 e. The van der Waals surface area contributed by atoms with E-state index >= 15 is 0 Å². The Morgan fingerprint density at radius 3 is 2.58 bits per heavy atom. The molecular formula is C15H17BrN2O. The molecule has 0 saturated carbocycles. The van der Waals surface area contributed by atoms with Gasteiger partial charge in [-0.25, -0.2) is 0 Å². The van der Waals surface area contributed by atoms with E-state index in [0.717, 1.165) is 28.2 Å². The molecule has 0 amide bonds. The Balaban J connectivity index is 2.04. The van der Waals surface area contributed by atoms with E-state index in [1.807, 2.05) is 36.4 Å². The number of hydrogen-bond acceptors (Lipinski definition) is 3. The molecule has 0 aliphatic rings. The van der Waals surface area contributed by atoms with Crippen LogP contribution in [0.4, 0.5) is 0 Å². The molecule has 0 atom stereocenters.